The van der Waals surface area contributed by atoms with E-state index < -0.39 is 0 Å². The highest BCUT2D eigenvalue weighted by molar-refractivity contribution is 5.14. The molecule has 1 aliphatic carbocycles. The summed E-state index contributed by atoms with van der Waals surface area (Å²) >= 11 is 0. The van der Waals surface area contributed by atoms with Crippen LogP contribution in [0.1, 0.15) is 44.1 Å². The molecule has 1 aromatic carbocycles. The Balaban J connectivity index is 1.71. The van der Waals surface area contributed by atoms with E-state index in [0.29, 0.717) is 5.92 Å². The zero-order chi connectivity index (χ0) is 15.1. The minimum Gasteiger partial charge on any atom is -0.396 e. The minimum absolute atomic E-state index is 0.199. The minimum atomic E-state index is -0.298. The van der Waals surface area contributed by atoms with Crippen LogP contribution in [0, 0.1) is 11.8 Å². The van der Waals surface area contributed by atoms with Gasteiger partial charge < -0.3 is 15.3 Å². The molecule has 1 fully saturated rings. The summed E-state index contributed by atoms with van der Waals surface area (Å²) in [4.78, 5) is 0. The quantitative estimate of drug-likeness (QED) is 0.690. The zero-order valence-corrected chi connectivity index (χ0v) is 12.7. The van der Waals surface area contributed by atoms with Gasteiger partial charge in [0.25, 0.3) is 0 Å². The van der Waals surface area contributed by atoms with E-state index in [0.717, 1.165) is 44.9 Å². The van der Waals surface area contributed by atoms with E-state index in [1.54, 1.807) is 0 Å². The summed E-state index contributed by atoms with van der Waals surface area (Å²) in [6, 6.07) is 10.2. The van der Waals surface area contributed by atoms with E-state index in [2.05, 4.69) is 12.1 Å². The highest BCUT2D eigenvalue weighted by Crippen LogP contribution is 2.37. The number of rotatable bonds is 8. The first-order valence-electron chi connectivity index (χ1n) is 8.21. The Morgan fingerprint density at radius 3 is 2.52 bits per heavy atom. The second-order valence-electron chi connectivity index (χ2n) is 6.34. The Labute approximate surface area is 127 Å². The summed E-state index contributed by atoms with van der Waals surface area (Å²) in [7, 11) is 0. The van der Waals surface area contributed by atoms with Gasteiger partial charge in [-0.3, -0.25) is 0 Å². The van der Waals surface area contributed by atoms with E-state index in [-0.39, 0.29) is 24.7 Å². The van der Waals surface area contributed by atoms with Crippen LogP contribution in [0.4, 0.5) is 0 Å². The van der Waals surface area contributed by atoms with Crippen molar-refractivity contribution in [1.82, 2.24) is 0 Å². The number of aliphatic hydroxyl groups is 3. The molecule has 0 aliphatic heterocycles. The lowest BCUT2D eigenvalue weighted by Gasteiger charge is -2.23. The third-order valence-electron chi connectivity index (χ3n) is 4.88. The maximum absolute atomic E-state index is 10.1. The smallest absolute Gasteiger partial charge is 0.0571 e. The van der Waals surface area contributed by atoms with Crippen LogP contribution in [0.25, 0.3) is 0 Å². The predicted molar refractivity (Wildman–Crippen MR) is 83.9 cm³/mol. The molecule has 3 heteroatoms. The molecular formula is C18H28O3. The highest BCUT2D eigenvalue weighted by Gasteiger charge is 2.34. The van der Waals surface area contributed by atoms with Crippen molar-refractivity contribution in [2.45, 2.75) is 57.2 Å². The lowest BCUT2D eigenvalue weighted by atomic mass is 9.87. The molecule has 3 N–H and O–H groups in total. The van der Waals surface area contributed by atoms with Gasteiger partial charge in [0, 0.05) is 6.61 Å². The standard InChI is InChI=1S/C18H28O3/c19-13-12-15-7-11-18(21)17(15)10-9-16(20)8-6-14-4-2-1-3-5-14/h1-5,15-21H,6-13H2/t15-,16+,17-,18-/m1/s1. The summed E-state index contributed by atoms with van der Waals surface area (Å²) in [5.41, 5.74) is 1.26. The lowest BCUT2D eigenvalue weighted by molar-refractivity contribution is 0.0832. The fraction of sp³-hybridized carbons (Fsp3) is 0.667. The molecule has 0 radical (unpaired) electrons. The van der Waals surface area contributed by atoms with Crippen LogP contribution in [0.3, 0.4) is 0 Å². The third-order valence-corrected chi connectivity index (χ3v) is 4.88. The number of hydrogen-bond acceptors (Lipinski definition) is 3. The van der Waals surface area contributed by atoms with Gasteiger partial charge in [-0.05, 0) is 62.3 Å². The number of aliphatic hydroxyl groups excluding tert-OH is 3. The SMILES string of the molecule is OCC[C@H]1CC[C@@H](O)[C@@H]1CC[C@@H](O)CCc1ccccc1. The van der Waals surface area contributed by atoms with Crippen LogP contribution in [-0.2, 0) is 6.42 Å². The van der Waals surface area contributed by atoms with Crippen LogP contribution in [0.15, 0.2) is 30.3 Å². The Bertz CT molecular complexity index is 391. The molecule has 0 heterocycles. The molecule has 4 atom stereocenters. The fourth-order valence-electron chi connectivity index (χ4n) is 3.59. The van der Waals surface area contributed by atoms with Gasteiger partial charge in [-0.15, -0.1) is 0 Å². The van der Waals surface area contributed by atoms with Crippen molar-refractivity contribution in [3.05, 3.63) is 35.9 Å². The molecule has 1 saturated carbocycles. The van der Waals surface area contributed by atoms with Crippen molar-refractivity contribution < 1.29 is 15.3 Å². The van der Waals surface area contributed by atoms with Crippen molar-refractivity contribution >= 4 is 0 Å². The van der Waals surface area contributed by atoms with Gasteiger partial charge in [-0.25, -0.2) is 0 Å². The van der Waals surface area contributed by atoms with Crippen LogP contribution >= 0.6 is 0 Å². The molecule has 21 heavy (non-hydrogen) atoms. The van der Waals surface area contributed by atoms with Crippen LogP contribution < -0.4 is 0 Å². The molecule has 2 rings (SSSR count). The van der Waals surface area contributed by atoms with Gasteiger partial charge in [-0.2, -0.15) is 0 Å². The Morgan fingerprint density at radius 2 is 1.81 bits per heavy atom. The summed E-state index contributed by atoms with van der Waals surface area (Å²) < 4.78 is 0. The summed E-state index contributed by atoms with van der Waals surface area (Å²) in [5.74, 6) is 0.676. The molecule has 0 unspecified atom stereocenters. The van der Waals surface area contributed by atoms with Gasteiger partial charge in [0.15, 0.2) is 0 Å². The largest absolute Gasteiger partial charge is 0.396 e. The Kier molecular flexibility index (Phi) is 6.68. The fourth-order valence-corrected chi connectivity index (χ4v) is 3.59. The molecule has 0 amide bonds. The molecule has 1 aliphatic rings. The lowest BCUT2D eigenvalue weighted by Crippen LogP contribution is -2.22. The second kappa shape index (κ2) is 8.52. The van der Waals surface area contributed by atoms with E-state index in [1.165, 1.54) is 5.56 Å². The van der Waals surface area contributed by atoms with Crippen LogP contribution in [0.5, 0.6) is 0 Å². The summed E-state index contributed by atoms with van der Waals surface area (Å²) in [6.07, 6.45) is 5.37. The first kappa shape index (κ1) is 16.5. The molecule has 0 bridgehead atoms. The van der Waals surface area contributed by atoms with E-state index in [1.807, 2.05) is 18.2 Å². The Hall–Kier alpha value is -0.900. The maximum atomic E-state index is 10.1. The average Bonchev–Trinajstić information content (AvgIpc) is 2.85. The van der Waals surface area contributed by atoms with Crippen molar-refractivity contribution in [2.24, 2.45) is 11.8 Å². The van der Waals surface area contributed by atoms with E-state index in [9.17, 15) is 10.2 Å². The van der Waals surface area contributed by atoms with Crippen LogP contribution in [-0.4, -0.2) is 34.1 Å². The van der Waals surface area contributed by atoms with Gasteiger partial charge in [0.2, 0.25) is 0 Å². The van der Waals surface area contributed by atoms with E-state index in [4.69, 9.17) is 5.11 Å². The monoisotopic (exact) mass is 292 g/mol. The third kappa shape index (κ3) is 5.10. The van der Waals surface area contributed by atoms with Crippen molar-refractivity contribution in [3.63, 3.8) is 0 Å². The number of aryl methyl sites for hydroxylation is 1. The normalized spacial score (nSPS) is 26.9. The predicted octanol–water partition coefficient (Wildman–Crippen LogP) is 2.53. The molecule has 1 aromatic rings. The zero-order valence-electron chi connectivity index (χ0n) is 12.7. The summed E-state index contributed by atoms with van der Waals surface area (Å²) in [6.45, 7) is 0.199. The number of hydrogen-bond donors (Lipinski definition) is 3. The molecule has 118 valence electrons. The molecule has 0 aromatic heterocycles. The van der Waals surface area contributed by atoms with E-state index >= 15 is 0 Å². The molecular weight excluding hydrogens is 264 g/mol. The highest BCUT2D eigenvalue weighted by atomic mass is 16.3. The molecule has 0 spiro atoms. The van der Waals surface area contributed by atoms with Gasteiger partial charge in [-0.1, -0.05) is 30.3 Å². The maximum Gasteiger partial charge on any atom is 0.0571 e. The van der Waals surface area contributed by atoms with Gasteiger partial charge in [0.1, 0.15) is 0 Å². The van der Waals surface area contributed by atoms with Crippen LogP contribution in [0.2, 0.25) is 0 Å². The second-order valence-corrected chi connectivity index (χ2v) is 6.34. The molecule has 0 saturated heterocycles. The van der Waals surface area contributed by atoms with Gasteiger partial charge >= 0.3 is 0 Å². The number of benzene rings is 1. The van der Waals surface area contributed by atoms with Gasteiger partial charge in [0.05, 0.1) is 12.2 Å². The first-order chi connectivity index (χ1) is 10.2. The van der Waals surface area contributed by atoms with Crippen molar-refractivity contribution in [3.8, 4) is 0 Å². The average molecular weight is 292 g/mol. The molecule has 3 nitrogen and oxygen atoms in total. The van der Waals surface area contributed by atoms with Crippen molar-refractivity contribution in [2.75, 3.05) is 6.61 Å². The van der Waals surface area contributed by atoms with Crippen molar-refractivity contribution in [1.29, 1.82) is 0 Å². The first-order valence-corrected chi connectivity index (χ1v) is 8.21. The topological polar surface area (TPSA) is 60.7 Å². The summed E-state index contributed by atoms with van der Waals surface area (Å²) in [5, 5.41) is 29.3. The Morgan fingerprint density at radius 1 is 1.05 bits per heavy atom.